The van der Waals surface area contributed by atoms with Gasteiger partial charge in [0, 0.05) is 18.7 Å². The van der Waals surface area contributed by atoms with Crippen LogP contribution in [0.3, 0.4) is 0 Å². The smallest absolute Gasteiger partial charge is 0.408 e. The first-order valence-electron chi connectivity index (χ1n) is 6.35. The van der Waals surface area contributed by atoms with E-state index in [1.807, 2.05) is 12.1 Å². The zero-order valence-electron chi connectivity index (χ0n) is 10.4. The first-order valence-corrected chi connectivity index (χ1v) is 7.15. The predicted octanol–water partition coefficient (Wildman–Crippen LogP) is 2.56. The third kappa shape index (κ3) is 1.70. The number of hydrogen-bond donors (Lipinski definition) is 2. The second-order valence-electron chi connectivity index (χ2n) is 4.73. The van der Waals surface area contributed by atoms with Crippen LogP contribution in [0, 0.1) is 0 Å². The van der Waals surface area contributed by atoms with Gasteiger partial charge in [-0.25, -0.2) is 9.78 Å². The van der Waals surface area contributed by atoms with Crippen molar-refractivity contribution in [2.45, 2.75) is 13.0 Å². The van der Waals surface area contributed by atoms with Crippen molar-refractivity contribution >= 4 is 33.0 Å². The van der Waals surface area contributed by atoms with Gasteiger partial charge in [0.05, 0.1) is 5.52 Å². The maximum Gasteiger partial charge on any atom is 0.417 e. The van der Waals surface area contributed by atoms with E-state index in [9.17, 15) is 4.79 Å². The molecule has 102 valence electrons. The monoisotopic (exact) mass is 334 g/mol. The van der Waals surface area contributed by atoms with E-state index in [-0.39, 0.29) is 0 Å². The first-order chi connectivity index (χ1) is 9.72. The summed E-state index contributed by atoms with van der Waals surface area (Å²) in [5.74, 6) is 0.431. The fourth-order valence-electron chi connectivity index (χ4n) is 2.49. The molecule has 2 aromatic heterocycles. The van der Waals surface area contributed by atoms with Gasteiger partial charge in [-0.15, -0.1) is 0 Å². The maximum absolute atomic E-state index is 11.2. The lowest BCUT2D eigenvalue weighted by molar-refractivity contribution is 0.555. The highest BCUT2D eigenvalue weighted by atomic mass is 79.9. The first kappa shape index (κ1) is 11.8. The van der Waals surface area contributed by atoms with Crippen LogP contribution in [-0.4, -0.2) is 21.1 Å². The standard InChI is InChI=1S/C13H11BrN4O2/c14-11-10(17-12-15-4-1-5-18(11)12)7-2-3-9-8(6-7)16-13(19)20-9/h2-3,6H,1,4-5H2,(H,15,17)(H,16,19). The van der Waals surface area contributed by atoms with Gasteiger partial charge in [0.15, 0.2) is 5.58 Å². The molecule has 1 aromatic carbocycles. The molecule has 3 aromatic rings. The number of hydrogen-bond acceptors (Lipinski definition) is 4. The van der Waals surface area contributed by atoms with Crippen LogP contribution in [0.25, 0.3) is 22.4 Å². The summed E-state index contributed by atoms with van der Waals surface area (Å²) in [6.07, 6.45) is 1.08. The highest BCUT2D eigenvalue weighted by Crippen LogP contribution is 2.33. The topological polar surface area (TPSA) is 75.8 Å². The van der Waals surface area contributed by atoms with Crippen molar-refractivity contribution < 1.29 is 4.42 Å². The van der Waals surface area contributed by atoms with Gasteiger partial charge in [0.2, 0.25) is 5.95 Å². The van der Waals surface area contributed by atoms with E-state index < -0.39 is 5.76 Å². The molecule has 0 fully saturated rings. The number of aromatic amines is 1. The number of imidazole rings is 1. The molecule has 4 rings (SSSR count). The van der Waals surface area contributed by atoms with E-state index >= 15 is 0 Å². The van der Waals surface area contributed by atoms with Gasteiger partial charge in [-0.05, 0) is 40.5 Å². The molecule has 7 heteroatoms. The lowest BCUT2D eigenvalue weighted by atomic mass is 10.1. The van der Waals surface area contributed by atoms with Crippen molar-refractivity contribution in [3.05, 3.63) is 33.4 Å². The summed E-state index contributed by atoms with van der Waals surface area (Å²) in [5, 5.41) is 3.28. The molecule has 0 atom stereocenters. The Morgan fingerprint density at radius 3 is 3.15 bits per heavy atom. The molecule has 0 bridgehead atoms. The van der Waals surface area contributed by atoms with E-state index in [4.69, 9.17) is 4.42 Å². The SMILES string of the molecule is O=c1[nH]c2cc(-c3nc4n(c3Br)CCCN4)ccc2o1. The van der Waals surface area contributed by atoms with Crippen LogP contribution in [0.1, 0.15) is 6.42 Å². The average Bonchev–Trinajstić information content (AvgIpc) is 2.98. The van der Waals surface area contributed by atoms with Crippen LogP contribution in [0.15, 0.2) is 32.0 Å². The van der Waals surface area contributed by atoms with E-state index in [1.165, 1.54) is 0 Å². The highest BCUT2D eigenvalue weighted by molar-refractivity contribution is 9.10. The fraction of sp³-hybridized carbons (Fsp3) is 0.231. The number of nitrogens with one attached hydrogen (secondary N) is 2. The van der Waals surface area contributed by atoms with E-state index in [0.29, 0.717) is 11.1 Å². The molecule has 0 aliphatic carbocycles. The minimum Gasteiger partial charge on any atom is -0.408 e. The summed E-state index contributed by atoms with van der Waals surface area (Å²) in [6.45, 7) is 1.89. The zero-order chi connectivity index (χ0) is 13.7. The quantitative estimate of drug-likeness (QED) is 0.717. The zero-order valence-corrected chi connectivity index (χ0v) is 12.0. The minimum absolute atomic E-state index is 0.443. The second kappa shape index (κ2) is 4.24. The molecule has 0 amide bonds. The van der Waals surface area contributed by atoms with Gasteiger partial charge < -0.3 is 14.3 Å². The number of benzene rings is 1. The van der Waals surface area contributed by atoms with E-state index in [2.05, 4.69) is 35.8 Å². The van der Waals surface area contributed by atoms with Crippen molar-refractivity contribution in [1.82, 2.24) is 14.5 Å². The largest absolute Gasteiger partial charge is 0.417 e. The van der Waals surface area contributed by atoms with Gasteiger partial charge in [0.1, 0.15) is 10.3 Å². The summed E-state index contributed by atoms with van der Waals surface area (Å²) in [6, 6.07) is 5.55. The van der Waals surface area contributed by atoms with Gasteiger partial charge >= 0.3 is 5.76 Å². The fourth-order valence-corrected chi connectivity index (χ4v) is 3.16. The van der Waals surface area contributed by atoms with Crippen LogP contribution in [0.4, 0.5) is 5.95 Å². The van der Waals surface area contributed by atoms with Gasteiger partial charge in [-0.3, -0.25) is 4.98 Å². The number of rotatable bonds is 1. The van der Waals surface area contributed by atoms with Gasteiger partial charge in [-0.2, -0.15) is 0 Å². The Labute approximate surface area is 121 Å². The summed E-state index contributed by atoms with van der Waals surface area (Å²) in [5.41, 5.74) is 3.03. The normalized spacial score (nSPS) is 14.2. The maximum atomic E-state index is 11.2. The Kier molecular flexibility index (Phi) is 2.50. The van der Waals surface area contributed by atoms with Crippen molar-refractivity contribution in [2.75, 3.05) is 11.9 Å². The molecular formula is C13H11BrN4O2. The van der Waals surface area contributed by atoms with Crippen LogP contribution in [0.5, 0.6) is 0 Å². The van der Waals surface area contributed by atoms with Gasteiger partial charge in [-0.1, -0.05) is 0 Å². The minimum atomic E-state index is -0.443. The lowest BCUT2D eigenvalue weighted by Crippen LogP contribution is -2.17. The highest BCUT2D eigenvalue weighted by Gasteiger charge is 2.19. The average molecular weight is 335 g/mol. The Balaban J connectivity index is 1.90. The molecule has 20 heavy (non-hydrogen) atoms. The third-order valence-corrected chi connectivity index (χ3v) is 4.24. The molecular weight excluding hydrogens is 324 g/mol. The van der Waals surface area contributed by atoms with E-state index in [0.717, 1.165) is 41.3 Å². The van der Waals surface area contributed by atoms with Crippen LogP contribution >= 0.6 is 15.9 Å². The lowest BCUT2D eigenvalue weighted by Gasteiger charge is -2.15. The molecule has 6 nitrogen and oxygen atoms in total. The molecule has 2 N–H and O–H groups in total. The predicted molar refractivity (Wildman–Crippen MR) is 78.9 cm³/mol. The van der Waals surface area contributed by atoms with Crippen LogP contribution < -0.4 is 11.1 Å². The number of H-pyrrole nitrogens is 1. The van der Waals surface area contributed by atoms with Crippen molar-refractivity contribution in [1.29, 1.82) is 0 Å². The molecule has 0 spiro atoms. The number of nitrogens with zero attached hydrogens (tertiary/aromatic N) is 2. The number of fused-ring (bicyclic) bond motifs is 2. The third-order valence-electron chi connectivity index (χ3n) is 3.44. The molecule has 0 saturated carbocycles. The summed E-state index contributed by atoms with van der Waals surface area (Å²) in [4.78, 5) is 18.5. The molecule has 0 saturated heterocycles. The van der Waals surface area contributed by atoms with Gasteiger partial charge in [0.25, 0.3) is 0 Å². The molecule has 0 unspecified atom stereocenters. The number of halogens is 1. The Hall–Kier alpha value is -2.02. The van der Waals surface area contributed by atoms with Crippen LogP contribution in [-0.2, 0) is 6.54 Å². The molecule has 0 radical (unpaired) electrons. The summed E-state index contributed by atoms with van der Waals surface area (Å²) < 4.78 is 8.07. The Morgan fingerprint density at radius 2 is 2.30 bits per heavy atom. The van der Waals surface area contributed by atoms with Crippen molar-refractivity contribution in [3.8, 4) is 11.3 Å². The van der Waals surface area contributed by atoms with Crippen molar-refractivity contribution in [2.24, 2.45) is 0 Å². The molecule has 3 heterocycles. The van der Waals surface area contributed by atoms with Crippen LogP contribution in [0.2, 0.25) is 0 Å². The Bertz CT molecular complexity index is 861. The summed E-state index contributed by atoms with van der Waals surface area (Å²) in [7, 11) is 0. The molecule has 1 aliphatic rings. The molecule has 1 aliphatic heterocycles. The number of aromatic nitrogens is 3. The van der Waals surface area contributed by atoms with E-state index in [1.54, 1.807) is 6.07 Å². The second-order valence-corrected chi connectivity index (χ2v) is 5.48. The number of anilines is 1. The number of oxazole rings is 1. The Morgan fingerprint density at radius 1 is 1.40 bits per heavy atom. The van der Waals surface area contributed by atoms with Crippen molar-refractivity contribution in [3.63, 3.8) is 0 Å². The summed E-state index contributed by atoms with van der Waals surface area (Å²) >= 11 is 3.61.